The lowest BCUT2D eigenvalue weighted by molar-refractivity contribution is 0.196. The molecule has 0 amide bonds. The number of rotatable bonds is 5. The van der Waals surface area contributed by atoms with Crippen LogP contribution in [0.1, 0.15) is 36.5 Å². The second kappa shape index (κ2) is 6.97. The van der Waals surface area contributed by atoms with Crippen LogP contribution in [0.2, 0.25) is 0 Å². The van der Waals surface area contributed by atoms with Gasteiger partial charge in [-0.1, -0.05) is 50.2 Å². The molecule has 0 N–H and O–H groups in total. The average Bonchev–Trinajstić information content (AvgIpc) is 2.55. The third kappa shape index (κ3) is 3.69. The van der Waals surface area contributed by atoms with Gasteiger partial charge in [0.25, 0.3) is 0 Å². The van der Waals surface area contributed by atoms with Crippen molar-refractivity contribution in [1.82, 2.24) is 4.90 Å². The standard InChI is InChI=1S/C20H25NO/c1-16(2)18-9-8-17-10-11-21(15-19(17)14-18)12-13-22-20-6-4-3-5-7-20/h3-9,14,16H,10-13,15H2,1-2H3. The van der Waals surface area contributed by atoms with Crippen molar-refractivity contribution in [1.29, 1.82) is 0 Å². The van der Waals surface area contributed by atoms with Gasteiger partial charge < -0.3 is 4.74 Å². The summed E-state index contributed by atoms with van der Waals surface area (Å²) in [6.45, 7) is 8.44. The Hall–Kier alpha value is -1.80. The van der Waals surface area contributed by atoms with Crippen LogP contribution in [0.5, 0.6) is 5.75 Å². The van der Waals surface area contributed by atoms with Gasteiger partial charge in [0, 0.05) is 19.6 Å². The number of fused-ring (bicyclic) bond motifs is 1. The topological polar surface area (TPSA) is 12.5 Å². The SMILES string of the molecule is CC(C)c1ccc2c(c1)CN(CCOc1ccccc1)CC2. The average molecular weight is 295 g/mol. The van der Waals surface area contributed by atoms with Crippen LogP contribution >= 0.6 is 0 Å². The van der Waals surface area contributed by atoms with Crippen molar-refractivity contribution < 1.29 is 4.74 Å². The van der Waals surface area contributed by atoms with Gasteiger partial charge in [-0.05, 0) is 41.2 Å². The Morgan fingerprint density at radius 3 is 2.64 bits per heavy atom. The van der Waals surface area contributed by atoms with Crippen molar-refractivity contribution in [2.45, 2.75) is 32.7 Å². The minimum Gasteiger partial charge on any atom is -0.492 e. The summed E-state index contributed by atoms with van der Waals surface area (Å²) >= 11 is 0. The van der Waals surface area contributed by atoms with Gasteiger partial charge in [0.1, 0.15) is 12.4 Å². The van der Waals surface area contributed by atoms with Crippen LogP contribution in [-0.4, -0.2) is 24.6 Å². The van der Waals surface area contributed by atoms with E-state index in [0.717, 1.165) is 38.4 Å². The zero-order chi connectivity index (χ0) is 15.4. The maximum atomic E-state index is 5.82. The van der Waals surface area contributed by atoms with Crippen LogP contribution in [0.25, 0.3) is 0 Å². The number of hydrogen-bond acceptors (Lipinski definition) is 2. The van der Waals surface area contributed by atoms with Crippen molar-refractivity contribution in [3.8, 4) is 5.75 Å². The largest absolute Gasteiger partial charge is 0.492 e. The zero-order valence-corrected chi connectivity index (χ0v) is 13.6. The smallest absolute Gasteiger partial charge is 0.119 e. The van der Waals surface area contributed by atoms with E-state index >= 15 is 0 Å². The lowest BCUT2D eigenvalue weighted by Crippen LogP contribution is -2.33. The van der Waals surface area contributed by atoms with Crippen LogP contribution in [0.3, 0.4) is 0 Å². The van der Waals surface area contributed by atoms with Gasteiger partial charge in [-0.2, -0.15) is 0 Å². The second-order valence-corrected chi connectivity index (χ2v) is 6.37. The van der Waals surface area contributed by atoms with Crippen molar-refractivity contribution in [3.63, 3.8) is 0 Å². The number of hydrogen-bond donors (Lipinski definition) is 0. The Kier molecular flexibility index (Phi) is 4.79. The van der Waals surface area contributed by atoms with E-state index in [1.54, 1.807) is 0 Å². The Labute approximate surface area is 133 Å². The summed E-state index contributed by atoms with van der Waals surface area (Å²) in [5.41, 5.74) is 4.46. The first-order valence-electron chi connectivity index (χ1n) is 8.24. The molecule has 0 radical (unpaired) electrons. The maximum Gasteiger partial charge on any atom is 0.119 e. The lowest BCUT2D eigenvalue weighted by Gasteiger charge is -2.29. The van der Waals surface area contributed by atoms with Crippen molar-refractivity contribution in [3.05, 3.63) is 65.2 Å². The molecular formula is C20H25NO. The van der Waals surface area contributed by atoms with E-state index in [9.17, 15) is 0 Å². The Morgan fingerprint density at radius 2 is 1.86 bits per heavy atom. The fraction of sp³-hybridized carbons (Fsp3) is 0.400. The molecule has 0 spiro atoms. The molecule has 2 heteroatoms. The Bertz CT molecular complexity index is 606. The third-order valence-corrected chi connectivity index (χ3v) is 4.41. The van der Waals surface area contributed by atoms with Gasteiger partial charge in [0.15, 0.2) is 0 Å². The number of ether oxygens (including phenoxy) is 1. The predicted molar refractivity (Wildman–Crippen MR) is 91.4 cm³/mol. The highest BCUT2D eigenvalue weighted by atomic mass is 16.5. The van der Waals surface area contributed by atoms with E-state index in [4.69, 9.17) is 4.74 Å². The normalized spacial score (nSPS) is 14.9. The summed E-state index contributed by atoms with van der Waals surface area (Å²) in [5, 5.41) is 0. The summed E-state index contributed by atoms with van der Waals surface area (Å²) in [5.74, 6) is 1.56. The van der Waals surface area contributed by atoms with E-state index < -0.39 is 0 Å². The first-order valence-corrected chi connectivity index (χ1v) is 8.24. The molecule has 0 aliphatic carbocycles. The molecule has 2 aromatic carbocycles. The minimum absolute atomic E-state index is 0.599. The van der Waals surface area contributed by atoms with Gasteiger partial charge in [-0.25, -0.2) is 0 Å². The van der Waals surface area contributed by atoms with Gasteiger partial charge in [-0.15, -0.1) is 0 Å². The number of nitrogens with zero attached hydrogens (tertiary/aromatic N) is 1. The summed E-state index contributed by atoms with van der Waals surface area (Å²) in [7, 11) is 0. The molecule has 0 atom stereocenters. The van der Waals surface area contributed by atoms with Crippen LogP contribution in [0, 0.1) is 0 Å². The summed E-state index contributed by atoms with van der Waals surface area (Å²) in [6.07, 6.45) is 1.15. The van der Waals surface area contributed by atoms with Crippen LogP contribution in [0.4, 0.5) is 0 Å². The molecule has 1 aliphatic heterocycles. The van der Waals surface area contributed by atoms with E-state index in [1.807, 2.05) is 30.3 Å². The van der Waals surface area contributed by atoms with E-state index in [2.05, 4.69) is 36.9 Å². The molecule has 116 valence electrons. The van der Waals surface area contributed by atoms with Gasteiger partial charge in [0.2, 0.25) is 0 Å². The summed E-state index contributed by atoms with van der Waals surface area (Å²) in [6, 6.07) is 17.1. The van der Waals surface area contributed by atoms with E-state index in [0.29, 0.717) is 5.92 Å². The zero-order valence-electron chi connectivity index (χ0n) is 13.6. The quantitative estimate of drug-likeness (QED) is 0.817. The first-order chi connectivity index (χ1) is 10.7. The molecule has 1 heterocycles. The summed E-state index contributed by atoms with van der Waals surface area (Å²) in [4.78, 5) is 2.50. The highest BCUT2D eigenvalue weighted by Crippen LogP contribution is 2.24. The molecule has 0 bridgehead atoms. The highest BCUT2D eigenvalue weighted by molar-refractivity contribution is 5.35. The molecule has 0 fully saturated rings. The monoisotopic (exact) mass is 295 g/mol. The molecule has 0 saturated carbocycles. The molecule has 0 unspecified atom stereocenters. The van der Waals surface area contributed by atoms with Gasteiger partial charge >= 0.3 is 0 Å². The van der Waals surface area contributed by atoms with Gasteiger partial charge in [-0.3, -0.25) is 4.90 Å². The van der Waals surface area contributed by atoms with Crippen LogP contribution in [-0.2, 0) is 13.0 Å². The Balaban J connectivity index is 1.56. The first kappa shape index (κ1) is 15.1. The van der Waals surface area contributed by atoms with Crippen molar-refractivity contribution in [2.75, 3.05) is 19.7 Å². The fourth-order valence-electron chi connectivity index (χ4n) is 2.99. The van der Waals surface area contributed by atoms with E-state index in [-0.39, 0.29) is 0 Å². The van der Waals surface area contributed by atoms with Crippen LogP contribution < -0.4 is 4.74 Å². The molecule has 0 aromatic heterocycles. The predicted octanol–water partition coefficient (Wildman–Crippen LogP) is 4.25. The van der Waals surface area contributed by atoms with Crippen molar-refractivity contribution in [2.24, 2.45) is 0 Å². The molecule has 3 rings (SSSR count). The lowest BCUT2D eigenvalue weighted by atomic mass is 9.93. The number of para-hydroxylation sites is 1. The molecule has 2 aromatic rings. The number of benzene rings is 2. The maximum absolute atomic E-state index is 5.82. The minimum atomic E-state index is 0.599. The molecular weight excluding hydrogens is 270 g/mol. The summed E-state index contributed by atoms with van der Waals surface area (Å²) < 4.78 is 5.82. The fourth-order valence-corrected chi connectivity index (χ4v) is 2.99. The molecule has 0 saturated heterocycles. The van der Waals surface area contributed by atoms with Crippen LogP contribution in [0.15, 0.2) is 48.5 Å². The Morgan fingerprint density at radius 1 is 1.05 bits per heavy atom. The molecule has 1 aliphatic rings. The third-order valence-electron chi connectivity index (χ3n) is 4.41. The second-order valence-electron chi connectivity index (χ2n) is 6.37. The highest BCUT2D eigenvalue weighted by Gasteiger charge is 2.16. The molecule has 22 heavy (non-hydrogen) atoms. The van der Waals surface area contributed by atoms with Gasteiger partial charge in [0.05, 0.1) is 0 Å². The van der Waals surface area contributed by atoms with E-state index in [1.165, 1.54) is 16.7 Å². The van der Waals surface area contributed by atoms with Crippen molar-refractivity contribution >= 4 is 0 Å². The molecule has 2 nitrogen and oxygen atoms in total.